The van der Waals surface area contributed by atoms with Gasteiger partial charge in [-0.3, -0.25) is 0 Å². The molecule has 1 aliphatic carbocycles. The van der Waals surface area contributed by atoms with Crippen molar-refractivity contribution in [3.05, 3.63) is 60.6 Å². The van der Waals surface area contributed by atoms with Gasteiger partial charge in [-0.2, -0.15) is 0 Å². The average Bonchev–Trinajstić information content (AvgIpc) is 3.10. The van der Waals surface area contributed by atoms with Crippen molar-refractivity contribution in [1.82, 2.24) is 19.1 Å². The lowest BCUT2D eigenvalue weighted by atomic mass is 9.96. The van der Waals surface area contributed by atoms with Crippen LogP contribution in [-0.2, 0) is 5.54 Å². The van der Waals surface area contributed by atoms with E-state index in [2.05, 4.69) is 85.4 Å². The Labute approximate surface area is 155 Å². The molecule has 2 heterocycles. The number of rotatable bonds is 5. The van der Waals surface area contributed by atoms with Crippen LogP contribution >= 0.6 is 0 Å². The van der Waals surface area contributed by atoms with Crippen LogP contribution in [0.15, 0.2) is 49.1 Å². The molecule has 2 atom stereocenters. The van der Waals surface area contributed by atoms with E-state index < -0.39 is 0 Å². The molecule has 3 aromatic rings. The van der Waals surface area contributed by atoms with Gasteiger partial charge in [-0.25, -0.2) is 9.97 Å². The summed E-state index contributed by atoms with van der Waals surface area (Å²) in [5.41, 5.74) is 3.48. The maximum Gasteiger partial charge on any atom is 0.106 e. The molecule has 1 aliphatic rings. The van der Waals surface area contributed by atoms with Gasteiger partial charge in [0.15, 0.2) is 0 Å². The molecule has 26 heavy (non-hydrogen) atoms. The highest BCUT2D eigenvalue weighted by molar-refractivity contribution is 5.57. The van der Waals surface area contributed by atoms with E-state index in [9.17, 15) is 0 Å². The van der Waals surface area contributed by atoms with Gasteiger partial charge in [-0.15, -0.1) is 0 Å². The third kappa shape index (κ3) is 2.87. The molecular weight excluding hydrogens is 320 g/mol. The minimum absolute atomic E-state index is 0.0280. The molecule has 4 heteroatoms. The summed E-state index contributed by atoms with van der Waals surface area (Å²) in [7, 11) is 0. The van der Waals surface area contributed by atoms with Crippen LogP contribution in [0.25, 0.3) is 11.3 Å². The van der Waals surface area contributed by atoms with Crippen LogP contribution in [0.4, 0.5) is 0 Å². The third-order valence-electron chi connectivity index (χ3n) is 5.89. The van der Waals surface area contributed by atoms with Crippen molar-refractivity contribution in [2.45, 2.75) is 58.5 Å². The fraction of sp³-hybridized carbons (Fsp3) is 0.455. The Morgan fingerprint density at radius 1 is 1.12 bits per heavy atom. The van der Waals surface area contributed by atoms with Gasteiger partial charge < -0.3 is 9.13 Å². The highest BCUT2D eigenvalue weighted by atomic mass is 15.1. The van der Waals surface area contributed by atoms with E-state index >= 15 is 0 Å². The Kier molecular flexibility index (Phi) is 4.02. The third-order valence-corrected chi connectivity index (χ3v) is 5.89. The lowest BCUT2D eigenvalue weighted by molar-refractivity contribution is 0.298. The Morgan fingerprint density at radius 3 is 2.50 bits per heavy atom. The predicted octanol–water partition coefficient (Wildman–Crippen LogP) is 5.17. The SMILES string of the molecule is Cc1nc(C2CC2C(C)(C)n2cnc(-c3ccccc3)c2)cn1C(C)C. The summed E-state index contributed by atoms with van der Waals surface area (Å²) in [4.78, 5) is 9.49. The molecule has 2 aromatic heterocycles. The largest absolute Gasteiger partial charge is 0.332 e. The highest BCUT2D eigenvalue weighted by Gasteiger charge is 2.50. The van der Waals surface area contributed by atoms with Crippen LogP contribution in [-0.4, -0.2) is 19.1 Å². The normalized spacial score (nSPS) is 19.9. The van der Waals surface area contributed by atoms with Crippen molar-refractivity contribution >= 4 is 0 Å². The summed E-state index contributed by atoms with van der Waals surface area (Å²) >= 11 is 0. The molecule has 0 saturated heterocycles. The monoisotopic (exact) mass is 348 g/mol. The van der Waals surface area contributed by atoms with Gasteiger partial charge in [-0.05, 0) is 47.0 Å². The van der Waals surface area contributed by atoms with E-state index in [0.717, 1.165) is 11.5 Å². The molecule has 0 spiro atoms. The average molecular weight is 348 g/mol. The first-order chi connectivity index (χ1) is 12.4. The summed E-state index contributed by atoms with van der Waals surface area (Å²) in [6, 6.07) is 10.8. The van der Waals surface area contributed by atoms with Crippen LogP contribution in [0.2, 0.25) is 0 Å². The number of hydrogen-bond donors (Lipinski definition) is 0. The van der Waals surface area contributed by atoms with E-state index in [-0.39, 0.29) is 5.54 Å². The van der Waals surface area contributed by atoms with Crippen LogP contribution in [0.5, 0.6) is 0 Å². The molecule has 4 rings (SSSR count). The molecule has 0 radical (unpaired) electrons. The van der Waals surface area contributed by atoms with Gasteiger partial charge in [0.05, 0.1) is 17.7 Å². The second-order valence-corrected chi connectivity index (χ2v) is 8.35. The van der Waals surface area contributed by atoms with Crippen LogP contribution in [0.3, 0.4) is 0 Å². The van der Waals surface area contributed by atoms with Crippen molar-refractivity contribution in [3.63, 3.8) is 0 Å². The van der Waals surface area contributed by atoms with E-state index in [1.54, 1.807) is 0 Å². The summed E-state index contributed by atoms with van der Waals surface area (Å²) in [6.45, 7) is 11.2. The fourth-order valence-electron chi connectivity index (χ4n) is 4.10. The zero-order valence-corrected chi connectivity index (χ0v) is 16.3. The topological polar surface area (TPSA) is 35.6 Å². The van der Waals surface area contributed by atoms with Crippen LogP contribution < -0.4 is 0 Å². The van der Waals surface area contributed by atoms with E-state index in [1.807, 2.05) is 12.4 Å². The van der Waals surface area contributed by atoms with Gasteiger partial charge in [0.2, 0.25) is 0 Å². The highest BCUT2D eigenvalue weighted by Crippen LogP contribution is 2.55. The molecular formula is C22H28N4. The maximum absolute atomic E-state index is 4.84. The van der Waals surface area contributed by atoms with Crippen LogP contribution in [0.1, 0.15) is 57.6 Å². The number of aromatic nitrogens is 4. The Balaban J connectivity index is 1.55. The second-order valence-electron chi connectivity index (χ2n) is 8.35. The minimum Gasteiger partial charge on any atom is -0.332 e. The molecule has 2 unspecified atom stereocenters. The lowest BCUT2D eigenvalue weighted by Crippen LogP contribution is -2.28. The van der Waals surface area contributed by atoms with Crippen molar-refractivity contribution in [2.75, 3.05) is 0 Å². The molecule has 0 N–H and O–H groups in total. The first-order valence-corrected chi connectivity index (χ1v) is 9.53. The molecule has 0 amide bonds. The fourth-order valence-corrected chi connectivity index (χ4v) is 4.10. The van der Waals surface area contributed by atoms with Crippen molar-refractivity contribution < 1.29 is 0 Å². The number of aryl methyl sites for hydroxylation is 1. The zero-order valence-electron chi connectivity index (χ0n) is 16.3. The smallest absolute Gasteiger partial charge is 0.106 e. The maximum atomic E-state index is 4.84. The van der Waals surface area contributed by atoms with Gasteiger partial charge in [-0.1, -0.05) is 30.3 Å². The molecule has 136 valence electrons. The Bertz CT molecular complexity index is 901. The van der Waals surface area contributed by atoms with Crippen molar-refractivity contribution in [3.8, 4) is 11.3 Å². The first-order valence-electron chi connectivity index (χ1n) is 9.53. The number of benzene rings is 1. The molecule has 1 fully saturated rings. The Hall–Kier alpha value is -2.36. The first kappa shape index (κ1) is 17.1. The Morgan fingerprint density at radius 2 is 1.85 bits per heavy atom. The minimum atomic E-state index is 0.0280. The number of imidazole rings is 2. The van der Waals surface area contributed by atoms with Crippen molar-refractivity contribution in [1.29, 1.82) is 0 Å². The van der Waals surface area contributed by atoms with Gasteiger partial charge in [0, 0.05) is 35.5 Å². The number of nitrogens with zero attached hydrogens (tertiary/aromatic N) is 4. The summed E-state index contributed by atoms with van der Waals surface area (Å²) < 4.78 is 4.56. The van der Waals surface area contributed by atoms with Gasteiger partial charge >= 0.3 is 0 Å². The molecule has 0 bridgehead atoms. The van der Waals surface area contributed by atoms with Crippen LogP contribution in [0, 0.1) is 12.8 Å². The quantitative estimate of drug-likeness (QED) is 0.637. The van der Waals surface area contributed by atoms with Gasteiger partial charge in [0.25, 0.3) is 0 Å². The summed E-state index contributed by atoms with van der Waals surface area (Å²) in [5, 5.41) is 0. The lowest BCUT2D eigenvalue weighted by Gasteiger charge is -2.27. The predicted molar refractivity (Wildman–Crippen MR) is 105 cm³/mol. The summed E-state index contributed by atoms with van der Waals surface area (Å²) in [6.07, 6.45) is 7.61. The van der Waals surface area contributed by atoms with Crippen molar-refractivity contribution in [2.24, 2.45) is 5.92 Å². The molecule has 0 aliphatic heterocycles. The molecule has 1 saturated carbocycles. The van der Waals surface area contributed by atoms with E-state index in [0.29, 0.717) is 17.9 Å². The molecule has 4 nitrogen and oxygen atoms in total. The van der Waals surface area contributed by atoms with Gasteiger partial charge in [0.1, 0.15) is 5.82 Å². The molecule has 1 aromatic carbocycles. The summed E-state index contributed by atoms with van der Waals surface area (Å²) in [5.74, 6) is 2.26. The standard InChI is InChI=1S/C22H28N4/c1-15(2)26-13-21(24-16(26)3)18-11-19(18)22(4,5)25-12-20(23-14-25)17-9-7-6-8-10-17/h6-10,12-15,18-19H,11H2,1-5H3. The second kappa shape index (κ2) is 6.11. The van der Waals surface area contributed by atoms with E-state index in [1.165, 1.54) is 17.7 Å². The zero-order chi connectivity index (χ0) is 18.5. The number of hydrogen-bond acceptors (Lipinski definition) is 2. The van der Waals surface area contributed by atoms with E-state index in [4.69, 9.17) is 4.98 Å².